The molecule has 0 aliphatic rings. The Morgan fingerprint density at radius 2 is 2.40 bits per heavy atom. The molecule has 0 saturated heterocycles. The number of thiophene rings is 1. The molecule has 0 unspecified atom stereocenters. The lowest BCUT2D eigenvalue weighted by Crippen LogP contribution is -2.26. The summed E-state index contributed by atoms with van der Waals surface area (Å²) >= 11 is 1.38. The first-order valence-electron chi connectivity index (χ1n) is 6.01. The zero-order valence-electron chi connectivity index (χ0n) is 11.3. The number of carbonyl (C=O) groups excluding carboxylic acids is 1. The molecule has 0 aliphatic carbocycles. The molecule has 0 bridgehead atoms. The number of nitrogens with one attached hydrogen (secondary N) is 1. The van der Waals surface area contributed by atoms with Crippen LogP contribution in [0.25, 0.3) is 0 Å². The van der Waals surface area contributed by atoms with Gasteiger partial charge in [0.1, 0.15) is 12.2 Å². The molecule has 0 spiro atoms. The van der Waals surface area contributed by atoms with Crippen molar-refractivity contribution < 1.29 is 4.79 Å². The zero-order chi connectivity index (χ0) is 14.5. The van der Waals surface area contributed by atoms with Crippen LogP contribution in [0.4, 0.5) is 0 Å². The number of aromatic amines is 1. The van der Waals surface area contributed by atoms with Crippen molar-refractivity contribution in [3.05, 3.63) is 33.5 Å². The highest BCUT2D eigenvalue weighted by Gasteiger charge is 2.16. The summed E-state index contributed by atoms with van der Waals surface area (Å²) in [4.78, 5) is 19.4. The van der Waals surface area contributed by atoms with Crippen molar-refractivity contribution in [1.82, 2.24) is 20.1 Å². The largest absolute Gasteiger partial charge is 0.333 e. The third kappa shape index (κ3) is 3.23. The molecule has 6 nitrogen and oxygen atoms in total. The number of amides is 1. The summed E-state index contributed by atoms with van der Waals surface area (Å²) in [5.74, 6) is 6.37. The van der Waals surface area contributed by atoms with Crippen LogP contribution >= 0.6 is 11.3 Å². The van der Waals surface area contributed by atoms with Crippen LogP contribution in [0.2, 0.25) is 0 Å². The Hall–Kier alpha value is -2.17. The minimum atomic E-state index is -0.0599. The monoisotopic (exact) mass is 289 g/mol. The van der Waals surface area contributed by atoms with Gasteiger partial charge >= 0.3 is 0 Å². The molecule has 0 aromatic carbocycles. The maximum atomic E-state index is 12.3. The maximum absolute atomic E-state index is 12.3. The van der Waals surface area contributed by atoms with Gasteiger partial charge in [0, 0.05) is 7.05 Å². The van der Waals surface area contributed by atoms with E-state index in [4.69, 9.17) is 5.73 Å². The quantitative estimate of drug-likeness (QED) is 0.816. The molecule has 2 aromatic rings. The Balaban J connectivity index is 2.12. The molecule has 1 amide bonds. The predicted molar refractivity (Wildman–Crippen MR) is 77.2 cm³/mol. The number of hydrogen-bond acceptors (Lipinski definition) is 5. The van der Waals surface area contributed by atoms with Crippen LogP contribution in [0, 0.1) is 18.8 Å². The molecule has 3 N–H and O–H groups in total. The van der Waals surface area contributed by atoms with Gasteiger partial charge in [-0.1, -0.05) is 11.8 Å². The molecule has 104 valence electrons. The highest BCUT2D eigenvalue weighted by atomic mass is 32.1. The number of H-pyrrole nitrogens is 1. The third-order valence-electron chi connectivity index (χ3n) is 2.63. The number of rotatable bonds is 3. The van der Waals surface area contributed by atoms with Crippen LogP contribution in [0.5, 0.6) is 0 Å². The van der Waals surface area contributed by atoms with E-state index in [0.29, 0.717) is 23.8 Å². The second-order valence-electron chi connectivity index (χ2n) is 4.22. The Labute approximate surface area is 121 Å². The van der Waals surface area contributed by atoms with Gasteiger partial charge in [0.2, 0.25) is 0 Å². The fraction of sp³-hybridized carbons (Fsp3) is 0.308. The first-order chi connectivity index (χ1) is 9.61. The van der Waals surface area contributed by atoms with Gasteiger partial charge in [0.05, 0.1) is 22.8 Å². The highest BCUT2D eigenvalue weighted by Crippen LogP contribution is 2.22. The summed E-state index contributed by atoms with van der Waals surface area (Å²) in [5.41, 5.74) is 6.35. The minimum absolute atomic E-state index is 0.0599. The lowest BCUT2D eigenvalue weighted by atomic mass is 10.2. The normalized spacial score (nSPS) is 9.95. The molecular weight excluding hydrogens is 274 g/mol. The van der Waals surface area contributed by atoms with Crippen LogP contribution in [0.15, 0.2) is 12.4 Å². The Bertz CT molecular complexity index is 650. The molecule has 0 fully saturated rings. The molecule has 2 heterocycles. The van der Waals surface area contributed by atoms with Crippen molar-refractivity contribution in [3.63, 3.8) is 0 Å². The highest BCUT2D eigenvalue weighted by molar-refractivity contribution is 7.14. The molecule has 20 heavy (non-hydrogen) atoms. The van der Waals surface area contributed by atoms with E-state index in [2.05, 4.69) is 27.0 Å². The molecular formula is C13H15N5OS. The Kier molecular flexibility index (Phi) is 4.50. The van der Waals surface area contributed by atoms with Crippen molar-refractivity contribution in [1.29, 1.82) is 0 Å². The lowest BCUT2D eigenvalue weighted by molar-refractivity contribution is 0.0786. The molecule has 7 heteroatoms. The average molecular weight is 289 g/mol. The summed E-state index contributed by atoms with van der Waals surface area (Å²) in [7, 11) is 1.73. The molecule has 0 aliphatic heterocycles. The standard InChI is InChI=1S/C13H15N5OS/c1-9-6-11(20-10(9)4-3-5-14)13(19)18(2)7-12-15-8-16-17-12/h6,8H,5,7,14H2,1-2H3,(H,15,16,17). The van der Waals surface area contributed by atoms with Crippen LogP contribution in [0.3, 0.4) is 0 Å². The van der Waals surface area contributed by atoms with E-state index in [1.807, 2.05) is 13.0 Å². The van der Waals surface area contributed by atoms with Crippen molar-refractivity contribution in [2.24, 2.45) is 5.73 Å². The van der Waals surface area contributed by atoms with E-state index in [0.717, 1.165) is 10.4 Å². The van der Waals surface area contributed by atoms with E-state index in [-0.39, 0.29) is 5.91 Å². The summed E-state index contributed by atoms with van der Waals surface area (Å²) in [6.45, 7) is 2.63. The molecule has 0 saturated carbocycles. The second kappa shape index (κ2) is 6.32. The summed E-state index contributed by atoms with van der Waals surface area (Å²) in [6.07, 6.45) is 1.42. The number of aryl methyl sites for hydroxylation is 1. The average Bonchev–Trinajstić information content (AvgIpc) is 3.05. The number of hydrogen-bond donors (Lipinski definition) is 2. The summed E-state index contributed by atoms with van der Waals surface area (Å²) in [6, 6.07) is 1.85. The third-order valence-corrected chi connectivity index (χ3v) is 3.77. The fourth-order valence-corrected chi connectivity index (χ4v) is 2.68. The topological polar surface area (TPSA) is 87.9 Å². The number of nitrogens with zero attached hydrogens (tertiary/aromatic N) is 3. The van der Waals surface area contributed by atoms with Gasteiger partial charge in [0.25, 0.3) is 5.91 Å². The maximum Gasteiger partial charge on any atom is 0.264 e. The molecule has 0 atom stereocenters. The van der Waals surface area contributed by atoms with Crippen LogP contribution < -0.4 is 5.73 Å². The van der Waals surface area contributed by atoms with Gasteiger partial charge in [-0.25, -0.2) is 4.98 Å². The Morgan fingerprint density at radius 1 is 1.60 bits per heavy atom. The molecule has 0 radical (unpaired) electrons. The smallest absolute Gasteiger partial charge is 0.264 e. The SMILES string of the molecule is Cc1cc(C(=O)N(C)Cc2ncn[nH]2)sc1C#CCN. The van der Waals surface area contributed by atoms with Gasteiger partial charge in [-0.3, -0.25) is 9.89 Å². The zero-order valence-corrected chi connectivity index (χ0v) is 12.1. The molecule has 2 aromatic heterocycles. The van der Waals surface area contributed by atoms with E-state index >= 15 is 0 Å². The van der Waals surface area contributed by atoms with E-state index in [1.54, 1.807) is 11.9 Å². The first-order valence-corrected chi connectivity index (χ1v) is 6.82. The minimum Gasteiger partial charge on any atom is -0.333 e. The van der Waals surface area contributed by atoms with Crippen molar-refractivity contribution in [2.75, 3.05) is 13.6 Å². The van der Waals surface area contributed by atoms with Crippen molar-refractivity contribution in [2.45, 2.75) is 13.5 Å². The van der Waals surface area contributed by atoms with Crippen molar-refractivity contribution >= 4 is 17.2 Å². The van der Waals surface area contributed by atoms with Gasteiger partial charge in [0.15, 0.2) is 0 Å². The molecule has 2 rings (SSSR count). The second-order valence-corrected chi connectivity index (χ2v) is 5.27. The number of aromatic nitrogens is 3. The van der Waals surface area contributed by atoms with Crippen LogP contribution in [-0.4, -0.2) is 39.6 Å². The number of nitrogens with two attached hydrogens (primary N) is 1. The van der Waals surface area contributed by atoms with Crippen LogP contribution in [0.1, 0.15) is 25.9 Å². The van der Waals surface area contributed by atoms with Gasteiger partial charge in [-0.05, 0) is 18.6 Å². The first kappa shape index (κ1) is 14.2. The lowest BCUT2D eigenvalue weighted by Gasteiger charge is -2.13. The Morgan fingerprint density at radius 3 is 3.05 bits per heavy atom. The van der Waals surface area contributed by atoms with Crippen LogP contribution in [-0.2, 0) is 6.54 Å². The number of carbonyl (C=O) groups is 1. The summed E-state index contributed by atoms with van der Waals surface area (Å²) in [5, 5.41) is 6.49. The summed E-state index contributed by atoms with van der Waals surface area (Å²) < 4.78 is 0. The van der Waals surface area contributed by atoms with E-state index < -0.39 is 0 Å². The van der Waals surface area contributed by atoms with Gasteiger partial charge in [-0.15, -0.1) is 11.3 Å². The van der Waals surface area contributed by atoms with Gasteiger partial charge in [-0.2, -0.15) is 5.10 Å². The van der Waals surface area contributed by atoms with E-state index in [1.165, 1.54) is 17.7 Å². The van der Waals surface area contributed by atoms with Gasteiger partial charge < -0.3 is 10.6 Å². The predicted octanol–water partition coefficient (Wildman–Crippen LogP) is 0.757. The van der Waals surface area contributed by atoms with E-state index in [9.17, 15) is 4.79 Å². The fourth-order valence-electron chi connectivity index (χ4n) is 1.63. The van der Waals surface area contributed by atoms with Crippen molar-refractivity contribution in [3.8, 4) is 11.8 Å².